The van der Waals surface area contributed by atoms with Crippen LogP contribution in [0.5, 0.6) is 0 Å². The first-order valence-electron chi connectivity index (χ1n) is 2.44. The third-order valence-electron chi connectivity index (χ3n) is 1.14. The van der Waals surface area contributed by atoms with Gasteiger partial charge in [-0.05, 0) is 5.31 Å². The monoisotopic (exact) mass is 126 g/mol. The molecule has 0 bridgehead atoms. The summed E-state index contributed by atoms with van der Waals surface area (Å²) in [6.45, 7) is 0. The van der Waals surface area contributed by atoms with E-state index in [0.29, 0.717) is 0 Å². The average molecular weight is 126 g/mol. The van der Waals surface area contributed by atoms with E-state index < -0.39 is 0 Å². The Bertz CT molecular complexity index is 158. The van der Waals surface area contributed by atoms with Crippen LogP contribution in [0.1, 0.15) is 0 Å². The van der Waals surface area contributed by atoms with E-state index in [2.05, 4.69) is 9.24 Å². The Balaban J connectivity index is 2.71. The predicted molar refractivity (Wildman–Crippen MR) is 36.5 cm³/mol. The van der Waals surface area contributed by atoms with Crippen LogP contribution in [-0.2, 0) is 4.79 Å². The van der Waals surface area contributed by atoms with Gasteiger partial charge in [0, 0.05) is 0 Å². The van der Waals surface area contributed by atoms with E-state index in [1.165, 1.54) is 0 Å². The molecule has 0 aromatic carbocycles. The Morgan fingerprint density at radius 3 is 2.75 bits per heavy atom. The number of carbonyl (C=O) groups excluding carboxylic acids is 1. The van der Waals surface area contributed by atoms with Crippen LogP contribution < -0.4 is 0 Å². The molecule has 0 fully saturated rings. The molecular formula is C6H7OP. The number of aldehydes is 1. The average Bonchev–Trinajstić information content (AvgIpc) is 2.14. The number of hydrogen-bond acceptors (Lipinski definition) is 1. The summed E-state index contributed by atoms with van der Waals surface area (Å²) in [5.41, 5.74) is 0. The highest BCUT2D eigenvalue weighted by atomic mass is 31.0. The molecule has 2 atom stereocenters. The van der Waals surface area contributed by atoms with Crippen molar-refractivity contribution in [3.05, 3.63) is 23.5 Å². The van der Waals surface area contributed by atoms with E-state index in [1.807, 2.05) is 18.2 Å². The van der Waals surface area contributed by atoms with Crippen LogP contribution in [-0.4, -0.2) is 6.29 Å². The highest BCUT2D eigenvalue weighted by molar-refractivity contribution is 7.22. The summed E-state index contributed by atoms with van der Waals surface area (Å²) < 4.78 is 0. The smallest absolute Gasteiger partial charge is 0.131 e. The number of carbonyl (C=O) groups is 1. The van der Waals surface area contributed by atoms with Gasteiger partial charge < -0.3 is 4.79 Å². The van der Waals surface area contributed by atoms with Crippen molar-refractivity contribution in [2.45, 2.75) is 0 Å². The summed E-state index contributed by atoms with van der Waals surface area (Å²) in [6, 6.07) is 0. The van der Waals surface area contributed by atoms with Crippen molar-refractivity contribution < 1.29 is 4.79 Å². The Morgan fingerprint density at radius 2 is 2.50 bits per heavy atom. The van der Waals surface area contributed by atoms with Gasteiger partial charge in [-0.15, -0.1) is 9.24 Å². The second-order valence-electron chi connectivity index (χ2n) is 1.71. The van der Waals surface area contributed by atoms with Crippen molar-refractivity contribution in [3.63, 3.8) is 0 Å². The maximum Gasteiger partial charge on any atom is 0.131 e. The lowest BCUT2D eigenvalue weighted by molar-refractivity contribution is -0.108. The van der Waals surface area contributed by atoms with Crippen LogP contribution in [0.15, 0.2) is 23.5 Å². The minimum atomic E-state index is 0.0278. The summed E-state index contributed by atoms with van der Waals surface area (Å²) in [4.78, 5) is 10.1. The van der Waals surface area contributed by atoms with Gasteiger partial charge in [0.25, 0.3) is 0 Å². The third kappa shape index (κ3) is 0.873. The van der Waals surface area contributed by atoms with Crippen LogP contribution >= 0.6 is 9.24 Å². The topological polar surface area (TPSA) is 17.1 Å². The molecule has 0 spiro atoms. The van der Waals surface area contributed by atoms with Gasteiger partial charge in [-0.25, -0.2) is 0 Å². The van der Waals surface area contributed by atoms with E-state index in [9.17, 15) is 4.79 Å². The van der Waals surface area contributed by atoms with Crippen LogP contribution in [0.2, 0.25) is 0 Å². The van der Waals surface area contributed by atoms with E-state index in [4.69, 9.17) is 0 Å². The second-order valence-corrected chi connectivity index (χ2v) is 2.38. The van der Waals surface area contributed by atoms with Crippen molar-refractivity contribution in [2.24, 2.45) is 5.92 Å². The van der Waals surface area contributed by atoms with E-state index >= 15 is 0 Å². The molecule has 0 N–H and O–H groups in total. The number of rotatable bonds is 1. The fourth-order valence-corrected chi connectivity index (χ4v) is 0.933. The van der Waals surface area contributed by atoms with Gasteiger partial charge in [0.05, 0.1) is 5.92 Å². The Morgan fingerprint density at radius 1 is 1.75 bits per heavy atom. The van der Waals surface area contributed by atoms with E-state index in [-0.39, 0.29) is 5.92 Å². The molecule has 0 saturated carbocycles. The van der Waals surface area contributed by atoms with Gasteiger partial charge in [-0.1, -0.05) is 18.2 Å². The molecule has 0 aromatic rings. The molecule has 1 rings (SSSR count). The Kier molecular flexibility index (Phi) is 1.59. The highest BCUT2D eigenvalue weighted by Crippen LogP contribution is 2.22. The standard InChI is InChI=1S/C6H7OP/c7-4-5-2-1-3-6(5)8/h1-5H,8H2. The maximum atomic E-state index is 10.1. The lowest BCUT2D eigenvalue weighted by atomic mass is 10.2. The van der Waals surface area contributed by atoms with Crippen molar-refractivity contribution in [3.8, 4) is 0 Å². The first-order valence-corrected chi connectivity index (χ1v) is 3.01. The molecule has 0 amide bonds. The van der Waals surface area contributed by atoms with Crippen LogP contribution in [0.3, 0.4) is 0 Å². The normalized spacial score (nSPS) is 25.6. The van der Waals surface area contributed by atoms with Gasteiger partial charge >= 0.3 is 0 Å². The highest BCUT2D eigenvalue weighted by Gasteiger charge is 2.07. The summed E-state index contributed by atoms with van der Waals surface area (Å²) in [5, 5.41) is 1.06. The number of hydrogen-bond donors (Lipinski definition) is 0. The molecule has 8 heavy (non-hydrogen) atoms. The molecular weight excluding hydrogens is 119 g/mol. The molecule has 1 aliphatic carbocycles. The molecule has 0 heterocycles. The largest absolute Gasteiger partial charge is 0.302 e. The summed E-state index contributed by atoms with van der Waals surface area (Å²) in [6.07, 6.45) is 6.61. The van der Waals surface area contributed by atoms with Gasteiger partial charge in [0.1, 0.15) is 6.29 Å². The molecule has 2 unspecified atom stereocenters. The Hall–Kier alpha value is -0.420. The van der Waals surface area contributed by atoms with Crippen LogP contribution in [0, 0.1) is 5.92 Å². The fourth-order valence-electron chi connectivity index (χ4n) is 0.633. The summed E-state index contributed by atoms with van der Waals surface area (Å²) in [7, 11) is 2.52. The fraction of sp³-hybridized carbons (Fsp3) is 0.167. The SMILES string of the molecule is O=CC1C=CC=C1P. The maximum absolute atomic E-state index is 10.1. The first kappa shape index (κ1) is 5.71. The first-order chi connectivity index (χ1) is 3.84. The zero-order valence-corrected chi connectivity index (χ0v) is 5.53. The van der Waals surface area contributed by atoms with Crippen LogP contribution in [0.4, 0.5) is 0 Å². The van der Waals surface area contributed by atoms with Gasteiger partial charge in [-0.2, -0.15) is 0 Å². The second kappa shape index (κ2) is 2.23. The molecule has 0 saturated heterocycles. The third-order valence-corrected chi connectivity index (χ3v) is 1.72. The van der Waals surface area contributed by atoms with E-state index in [0.717, 1.165) is 11.6 Å². The summed E-state index contributed by atoms with van der Waals surface area (Å²) in [5.74, 6) is 0.0278. The van der Waals surface area contributed by atoms with Gasteiger partial charge in [-0.3, -0.25) is 0 Å². The molecule has 0 aromatic heterocycles. The molecule has 1 aliphatic rings. The van der Waals surface area contributed by atoms with Gasteiger partial charge in [0.15, 0.2) is 0 Å². The van der Waals surface area contributed by atoms with Crippen molar-refractivity contribution in [1.29, 1.82) is 0 Å². The van der Waals surface area contributed by atoms with Crippen LogP contribution in [0.25, 0.3) is 0 Å². The number of allylic oxidation sites excluding steroid dienone is 4. The molecule has 0 radical (unpaired) electrons. The minimum Gasteiger partial charge on any atom is -0.302 e. The lowest BCUT2D eigenvalue weighted by Gasteiger charge is -1.95. The zero-order valence-electron chi connectivity index (χ0n) is 4.37. The van der Waals surface area contributed by atoms with Crippen molar-refractivity contribution >= 4 is 15.5 Å². The Labute approximate surface area is 50.7 Å². The molecule has 0 aliphatic heterocycles. The van der Waals surface area contributed by atoms with Crippen molar-refractivity contribution in [1.82, 2.24) is 0 Å². The quantitative estimate of drug-likeness (QED) is 0.380. The predicted octanol–water partition coefficient (Wildman–Crippen LogP) is 1.13. The molecule has 2 heteroatoms. The molecule has 42 valence electrons. The minimum absolute atomic E-state index is 0.0278. The lowest BCUT2D eigenvalue weighted by Crippen LogP contribution is -1.91. The summed E-state index contributed by atoms with van der Waals surface area (Å²) >= 11 is 0. The van der Waals surface area contributed by atoms with Gasteiger partial charge in [0.2, 0.25) is 0 Å². The molecule has 1 nitrogen and oxygen atoms in total. The zero-order chi connectivity index (χ0) is 5.98. The van der Waals surface area contributed by atoms with E-state index in [1.54, 1.807) is 0 Å². The van der Waals surface area contributed by atoms with Crippen molar-refractivity contribution in [2.75, 3.05) is 0 Å².